The van der Waals surface area contributed by atoms with Gasteiger partial charge in [-0.2, -0.15) is 0 Å². The van der Waals surface area contributed by atoms with Crippen LogP contribution in [0.5, 0.6) is 0 Å². The molecule has 4 N–H and O–H groups in total. The quantitative estimate of drug-likeness (QED) is 0.0553. The summed E-state index contributed by atoms with van der Waals surface area (Å²) in [7, 11) is 4.44. The number of amides is 6. The van der Waals surface area contributed by atoms with E-state index >= 15 is 28.8 Å². The maximum Gasteiger partial charge on any atom is 0.488 e. The molecule has 3 unspecified atom stereocenters. The summed E-state index contributed by atoms with van der Waals surface area (Å²) < 4.78 is 6.17. The van der Waals surface area contributed by atoms with Gasteiger partial charge < -0.3 is 49.7 Å². The van der Waals surface area contributed by atoms with Gasteiger partial charge in [0.2, 0.25) is 29.5 Å². The van der Waals surface area contributed by atoms with Crippen LogP contribution in [0.4, 0.5) is 0 Å². The summed E-state index contributed by atoms with van der Waals surface area (Å²) >= 11 is 0. The molecule has 2 saturated heterocycles. The number of ketones is 2. The molecule has 0 bridgehead atoms. The second-order valence-electron chi connectivity index (χ2n) is 29.8. The molecule has 2 fully saturated rings. The van der Waals surface area contributed by atoms with Crippen molar-refractivity contribution in [3.8, 4) is 11.1 Å². The summed E-state index contributed by atoms with van der Waals surface area (Å²) in [6, 6.07) is 24.4. The number of benzene rings is 4. The van der Waals surface area contributed by atoms with Crippen molar-refractivity contribution in [3.05, 3.63) is 139 Å². The number of carbonyl (C=O) groups is 9. The van der Waals surface area contributed by atoms with Crippen molar-refractivity contribution < 1.29 is 63.0 Å². The Labute approximate surface area is 602 Å². The fraction of sp³-hybridized carbons (Fsp3) is 0.512. The molecule has 0 aliphatic carbocycles. The number of hydrogen-bond acceptors (Lipinski definition) is 15. The van der Waals surface area contributed by atoms with Gasteiger partial charge in [0.05, 0.1) is 17.7 Å². The zero-order valence-electron chi connectivity index (χ0n) is 62.4. The van der Waals surface area contributed by atoms with E-state index in [1.54, 1.807) is 64.7 Å². The predicted octanol–water partition coefficient (Wildman–Crippen LogP) is 8.68. The van der Waals surface area contributed by atoms with Crippen LogP contribution in [0.15, 0.2) is 128 Å². The lowest BCUT2D eigenvalue weighted by atomic mass is 9.79. The summed E-state index contributed by atoms with van der Waals surface area (Å²) in [5.41, 5.74) is 1.70. The van der Waals surface area contributed by atoms with Crippen LogP contribution in [0.2, 0.25) is 0 Å². The van der Waals surface area contributed by atoms with Gasteiger partial charge in [-0.05, 0) is 125 Å². The third-order valence-corrected chi connectivity index (χ3v) is 20.5. The predicted molar refractivity (Wildman–Crippen MR) is 396 cm³/mol. The van der Waals surface area contributed by atoms with Gasteiger partial charge in [0, 0.05) is 108 Å². The molecule has 4 aromatic carbocycles. The van der Waals surface area contributed by atoms with E-state index in [0.717, 1.165) is 37.6 Å². The molecule has 2 aliphatic rings. The topological polar surface area (TPSA) is 278 Å². The van der Waals surface area contributed by atoms with Gasteiger partial charge in [-0.3, -0.25) is 48.3 Å². The van der Waals surface area contributed by atoms with Gasteiger partial charge in [0.25, 0.3) is 5.91 Å². The molecule has 22 heteroatoms. The van der Waals surface area contributed by atoms with Gasteiger partial charge in [0.15, 0.2) is 23.7 Å². The van der Waals surface area contributed by atoms with E-state index in [4.69, 9.17) is 14.8 Å². The average Bonchev–Trinajstić information content (AvgIpc) is 1.04. The molecule has 21 nitrogen and oxygen atoms in total. The third-order valence-electron chi connectivity index (χ3n) is 20.5. The maximum atomic E-state index is 15.8. The van der Waals surface area contributed by atoms with Crippen LogP contribution in [0.3, 0.4) is 0 Å². The van der Waals surface area contributed by atoms with E-state index in [1.807, 2.05) is 139 Å². The number of Topliss-reactive ketones (excluding diaryl/α,β-unsaturated/α-hetero) is 2. The first kappa shape index (κ1) is 80.6. The van der Waals surface area contributed by atoms with Gasteiger partial charge in [-0.15, -0.1) is 0 Å². The molecule has 0 radical (unpaired) electrons. The SMILES string of the molecule is CCC(C)[C@@H]1CC(=O)[C@@H]2CCCN2C(=O)[C@H](Cc2cccc(-c3ccc4ccncc4c3)c2)N(C)C(=O)[C@H](Cc2ccccc2)NC(=O)[C@H](C(C)C)N(C)C(=O)[C@@H](C(C)CC)OC(=O)[C@H](C(C)(C)O)N(C)C(=O)C(CC(C)C)CC(=O)[C@H](C(C)C)N(C)C1=O.OB(O)c1ccc2ccncc2c1. The number of likely N-dealkylation sites (N-methyl/N-ethyl adjacent to an activating group) is 4. The molecule has 0 spiro atoms. The molecule has 4 heterocycles. The largest absolute Gasteiger partial charge is 0.488 e. The molecule has 2 aromatic heterocycles. The van der Waals surface area contributed by atoms with Crippen molar-refractivity contribution in [2.24, 2.45) is 41.4 Å². The van der Waals surface area contributed by atoms with E-state index in [2.05, 4.69) is 15.3 Å². The van der Waals surface area contributed by atoms with Crippen LogP contribution in [0.25, 0.3) is 32.7 Å². The molecule has 11 atom stereocenters. The minimum Gasteiger partial charge on any atom is -0.450 e. The minimum absolute atomic E-state index is 0.00612. The van der Waals surface area contributed by atoms with Gasteiger partial charge in [0.1, 0.15) is 18.1 Å². The van der Waals surface area contributed by atoms with E-state index in [1.165, 1.54) is 54.6 Å². The normalized spacial score (nSPS) is 23.2. The third kappa shape index (κ3) is 19.9. The number of nitrogens with zero attached hydrogens (tertiary/aromatic N) is 7. The monoisotopic (exact) mass is 1400 g/mol. The Bertz CT molecular complexity index is 3920. The van der Waals surface area contributed by atoms with Gasteiger partial charge >= 0.3 is 13.1 Å². The highest BCUT2D eigenvalue weighted by molar-refractivity contribution is 6.58. The van der Waals surface area contributed by atoms with Crippen molar-refractivity contribution in [1.82, 2.24) is 39.8 Å². The van der Waals surface area contributed by atoms with Crippen LogP contribution in [-0.4, -0.2) is 192 Å². The Morgan fingerprint density at radius 2 is 1.18 bits per heavy atom. The highest BCUT2D eigenvalue weighted by atomic mass is 16.6. The minimum atomic E-state index is -1.95. The number of rotatable bonds is 15. The Balaban J connectivity index is 0.000000997. The summed E-state index contributed by atoms with van der Waals surface area (Å²) in [6.07, 6.45) is 6.66. The summed E-state index contributed by atoms with van der Waals surface area (Å²) in [5, 5.41) is 36.5. The Morgan fingerprint density at radius 1 is 0.588 bits per heavy atom. The van der Waals surface area contributed by atoms with Crippen LogP contribution in [0.1, 0.15) is 139 Å². The first-order valence-corrected chi connectivity index (χ1v) is 36.0. The zero-order chi connectivity index (χ0) is 75.2. The number of hydrogen-bond donors (Lipinski definition) is 4. The summed E-state index contributed by atoms with van der Waals surface area (Å²) in [5.74, 6) is -9.51. The molecular formula is C80H107BN8O13. The van der Waals surface area contributed by atoms with Crippen LogP contribution in [-0.2, 0) is 60.7 Å². The zero-order valence-corrected chi connectivity index (χ0v) is 62.4. The lowest BCUT2D eigenvalue weighted by Gasteiger charge is -2.39. The van der Waals surface area contributed by atoms with Crippen molar-refractivity contribution >= 4 is 87.1 Å². The number of nitrogens with one attached hydrogen (secondary N) is 1. The first-order chi connectivity index (χ1) is 48.2. The van der Waals surface area contributed by atoms with Crippen molar-refractivity contribution in [2.45, 2.75) is 189 Å². The van der Waals surface area contributed by atoms with Crippen LogP contribution in [0, 0.1) is 41.4 Å². The Kier molecular flexibility index (Phi) is 28.4. The number of fused-ring (bicyclic) bond motifs is 3. The second-order valence-corrected chi connectivity index (χ2v) is 29.8. The lowest BCUT2D eigenvalue weighted by molar-refractivity contribution is -0.178. The molecule has 6 aromatic rings. The van der Waals surface area contributed by atoms with Gasteiger partial charge in [-0.25, -0.2) is 4.79 Å². The standard InChI is InChI=1S/C71H99N7O11.C9H8BNO2/c1-17-45(9)54-40-58(79)56-28-23-33-78(56)68(85)57(37-48-26-22-27-50(35-48)51-30-29-49-31-32-72-41-53(49)38-51)74(13)67(84)55(36-47-24-20-19-21-25-47)73-64(81)61(44(7)8)76(15)69(86)62(46(10)18-2)89-70(87)63(71(11,12)88)77(16)65(82)52(34-42(3)4)39-59(80)60(43(5)6)75(14)66(54)83;12-10(13)9-2-1-7-3-4-11-6-8(7)5-9/h19-22,24-27,29-32,35,38,41-46,52,54-57,60-63,88H,17-18,23,28,33-34,36-37,39-40H2,1-16H3,(H,73,81);1-6,12-13H/t45?,46?,52?,54-,55-,56-,57-,60-,61-,62+,63+;/m0./s1. The highest BCUT2D eigenvalue weighted by Gasteiger charge is 2.48. The van der Waals surface area contributed by atoms with E-state index in [9.17, 15) is 19.5 Å². The number of aromatic nitrogens is 2. The van der Waals surface area contributed by atoms with Crippen LogP contribution < -0.4 is 10.8 Å². The Morgan fingerprint density at radius 3 is 1.76 bits per heavy atom. The molecule has 8 rings (SSSR count). The molecule has 102 heavy (non-hydrogen) atoms. The van der Waals surface area contributed by atoms with E-state index in [0.29, 0.717) is 42.3 Å². The number of carbonyl (C=O) groups excluding carboxylic acids is 9. The van der Waals surface area contributed by atoms with Crippen LogP contribution >= 0.6 is 0 Å². The van der Waals surface area contributed by atoms with Crippen molar-refractivity contribution in [2.75, 3.05) is 34.7 Å². The lowest BCUT2D eigenvalue weighted by Crippen LogP contribution is -2.61. The number of esters is 1. The number of ether oxygens (including phenoxy) is 1. The van der Waals surface area contributed by atoms with E-state index < -0.39 is 132 Å². The molecule has 6 amide bonds. The number of cyclic esters (lactones) is 1. The van der Waals surface area contributed by atoms with Crippen molar-refractivity contribution in [1.29, 1.82) is 0 Å². The molecule has 2 aliphatic heterocycles. The van der Waals surface area contributed by atoms with Crippen molar-refractivity contribution in [3.63, 3.8) is 0 Å². The smallest absolute Gasteiger partial charge is 0.450 e. The summed E-state index contributed by atoms with van der Waals surface area (Å²) in [4.78, 5) is 152. The molecule has 548 valence electrons. The average molecular weight is 1400 g/mol. The second kappa shape index (κ2) is 35.9. The van der Waals surface area contributed by atoms with Gasteiger partial charge in [-0.1, -0.05) is 161 Å². The number of pyridine rings is 2. The first-order valence-electron chi connectivity index (χ1n) is 36.0. The van der Waals surface area contributed by atoms with E-state index in [-0.39, 0.29) is 56.3 Å². The maximum absolute atomic E-state index is 15.8. The fourth-order valence-corrected chi connectivity index (χ4v) is 14.5. The fourth-order valence-electron chi connectivity index (χ4n) is 14.5. The molecule has 0 saturated carbocycles. The summed E-state index contributed by atoms with van der Waals surface area (Å²) in [6.45, 7) is 21.1. The molecular weight excluding hydrogens is 1290 g/mol. The highest BCUT2D eigenvalue weighted by Crippen LogP contribution is 2.33. The Hall–Kier alpha value is -8.73. The number of aliphatic hydroxyl groups is 1.